The van der Waals surface area contributed by atoms with Gasteiger partial charge in [-0.25, -0.2) is 69.8 Å². The molecule has 0 unspecified atom stereocenters. The van der Waals surface area contributed by atoms with Gasteiger partial charge in [-0.2, -0.15) is 30.8 Å². The molecule has 0 radical (unpaired) electrons. The normalized spacial score (nSPS) is 13.9. The van der Waals surface area contributed by atoms with Crippen molar-refractivity contribution in [1.29, 1.82) is 0 Å². The number of hydrogen-bond acceptors (Lipinski definition) is 30. The van der Waals surface area contributed by atoms with Crippen molar-refractivity contribution < 1.29 is 63.2 Å². The number of carboxylic acids is 1. The molecule has 22 rings (SSSR count). The number of nitrogens with zero attached hydrogens (tertiary/aromatic N) is 25. The van der Waals surface area contributed by atoms with Gasteiger partial charge in [0, 0.05) is 153 Å². The Labute approximate surface area is 901 Å². The smallest absolute Gasteiger partial charge is 0.548 e. The molecule has 7 N–H and O–H groups in total. The zero-order chi connectivity index (χ0) is 105. The zero-order valence-electron chi connectivity index (χ0n) is 86.4. The minimum atomic E-state index is -1.15. The number of halogens is 3. The quantitative estimate of drug-likeness (QED) is 0.0188. The number of carboxylic acid groups (broad SMARTS) is 1. The predicted octanol–water partition coefficient (Wildman–Crippen LogP) is 9.46. The van der Waals surface area contributed by atoms with Gasteiger partial charge in [0.25, 0.3) is 0 Å². The molecule has 768 valence electrons. The number of aliphatic carboxylic acids is 1. The van der Waals surface area contributed by atoms with Crippen molar-refractivity contribution in [2.45, 2.75) is 228 Å². The van der Waals surface area contributed by atoms with E-state index in [-0.39, 0.29) is 75.3 Å². The molecule has 44 heteroatoms. The van der Waals surface area contributed by atoms with Crippen molar-refractivity contribution in [3.05, 3.63) is 293 Å². The Hall–Kier alpha value is -14.7. The molecule has 4 aromatic carbocycles. The molecule has 0 saturated carbocycles. The number of esters is 2. The van der Waals surface area contributed by atoms with E-state index in [2.05, 4.69) is 269 Å². The summed E-state index contributed by atoms with van der Waals surface area (Å²) in [6, 6.07) is 35.2. The second-order valence-electron chi connectivity index (χ2n) is 38.6. The van der Waals surface area contributed by atoms with Crippen LogP contribution in [-0.2, 0) is 143 Å². The average molecular weight is 2240 g/mol. The number of alkyl halides is 1. The maximum absolute atomic E-state index is 12.9. The number of carbonyl (C=O) groups is 5. The molecular formula is C105H118FI2LiN32O8. The van der Waals surface area contributed by atoms with Gasteiger partial charge in [0.15, 0.2) is 0 Å². The van der Waals surface area contributed by atoms with Crippen LogP contribution in [0.15, 0.2) is 184 Å². The molecule has 0 atom stereocenters. The number of aromatic nitrogens is 26. The van der Waals surface area contributed by atoms with Gasteiger partial charge in [-0.3, -0.25) is 23.6 Å². The first-order valence-electron chi connectivity index (χ1n) is 49.2. The van der Waals surface area contributed by atoms with Crippen LogP contribution in [0.3, 0.4) is 0 Å². The van der Waals surface area contributed by atoms with E-state index < -0.39 is 24.3 Å². The first-order valence-corrected chi connectivity index (χ1v) is 50.7. The van der Waals surface area contributed by atoms with Crippen LogP contribution in [0.5, 0.6) is 0 Å². The number of rotatable bonds is 22. The number of aromatic amines is 3. The molecular weight excluding hydrogens is 2120 g/mol. The van der Waals surface area contributed by atoms with Gasteiger partial charge >= 0.3 is 30.8 Å². The van der Waals surface area contributed by atoms with Crippen molar-refractivity contribution in [3.8, 4) is 45.0 Å². The van der Waals surface area contributed by atoms with Gasteiger partial charge in [0.05, 0.1) is 78.2 Å². The second-order valence-corrected chi connectivity index (χ2v) is 40.9. The third-order valence-electron chi connectivity index (χ3n) is 25.2. The fourth-order valence-electron chi connectivity index (χ4n) is 18.1. The number of fused-ring (bicyclic) bond motifs is 6. The van der Waals surface area contributed by atoms with Gasteiger partial charge < -0.3 is 78.3 Å². The average Bonchev–Trinajstić information content (AvgIpc) is 1.67. The molecule has 0 fully saturated rings. The van der Waals surface area contributed by atoms with Gasteiger partial charge in [-0.1, -0.05) is 97.1 Å². The largest absolute Gasteiger partial charge is 1.00 e. The summed E-state index contributed by atoms with van der Waals surface area (Å²) in [5.74, 6) is 5.51. The Balaban J connectivity index is 0.000000139. The minimum Gasteiger partial charge on any atom is -0.548 e. The van der Waals surface area contributed by atoms with Crippen molar-refractivity contribution in [2.24, 2.45) is 0 Å². The van der Waals surface area contributed by atoms with Crippen LogP contribution in [-0.4, -0.2) is 224 Å². The number of imidazole rings is 6. The molecule has 0 spiro atoms. The number of aryl methyl sites for hydroxylation is 6. The number of ether oxygens (including phenoxy) is 2. The van der Waals surface area contributed by atoms with Crippen LogP contribution in [0.2, 0.25) is 0 Å². The monoisotopic (exact) mass is 2240 g/mol. The number of hydrogen-bond donors (Lipinski definition) is 7. The van der Waals surface area contributed by atoms with E-state index in [4.69, 9.17) is 10.8 Å². The van der Waals surface area contributed by atoms with Crippen LogP contribution in [0, 0.1) is 48.9 Å². The summed E-state index contributed by atoms with van der Waals surface area (Å²) in [6.07, 6.45) is 34.2. The molecule has 4 aliphatic carbocycles. The maximum atomic E-state index is 12.9. The molecule has 6 aliphatic rings. The summed E-state index contributed by atoms with van der Waals surface area (Å²) < 4.78 is 36.9. The number of carbonyl (C=O) groups excluding carboxylic acids is 5. The number of H-pyrrole nitrogens is 3. The van der Waals surface area contributed by atoms with E-state index in [0.717, 1.165) is 163 Å². The molecule has 12 aromatic heterocycles. The number of benzene rings is 4. The van der Waals surface area contributed by atoms with Crippen molar-refractivity contribution in [1.82, 2.24) is 138 Å². The number of nitrogens with one attached hydrogen (secondary N) is 7. The molecule has 14 heterocycles. The van der Waals surface area contributed by atoms with E-state index in [9.17, 15) is 33.5 Å². The second kappa shape index (κ2) is 49.4. The Kier molecular flexibility index (Phi) is 35.5. The molecule has 2 amide bonds. The van der Waals surface area contributed by atoms with Crippen LogP contribution < -0.4 is 45.2 Å². The van der Waals surface area contributed by atoms with Crippen LogP contribution in [0.1, 0.15) is 145 Å². The Morgan fingerprint density at radius 1 is 0.396 bits per heavy atom. The summed E-state index contributed by atoms with van der Waals surface area (Å²) in [5, 5.41) is 46.2. The Morgan fingerprint density at radius 3 is 0.899 bits per heavy atom. The van der Waals surface area contributed by atoms with Crippen molar-refractivity contribution in [3.63, 3.8) is 0 Å². The van der Waals surface area contributed by atoms with E-state index in [0.29, 0.717) is 85.7 Å². The van der Waals surface area contributed by atoms with Gasteiger partial charge in [-0.05, 0) is 224 Å². The Bertz CT molecular complexity index is 6990. The fraction of sp³-hybridized carbons (Fsp3) is 0.362. The van der Waals surface area contributed by atoms with Crippen LogP contribution in [0.25, 0.3) is 45.0 Å². The number of anilines is 4. The molecule has 0 saturated heterocycles. The van der Waals surface area contributed by atoms with Crippen LogP contribution in [0.4, 0.5) is 28.2 Å². The molecule has 0 bridgehead atoms. The summed E-state index contributed by atoms with van der Waals surface area (Å²) in [4.78, 5) is 129. The third kappa shape index (κ3) is 29.7. The van der Waals surface area contributed by atoms with E-state index in [1.54, 1.807) is 78.0 Å². The predicted molar refractivity (Wildman–Crippen MR) is 567 cm³/mol. The molecule has 16 aromatic rings. The van der Waals surface area contributed by atoms with Crippen molar-refractivity contribution >= 4 is 98.7 Å². The summed E-state index contributed by atoms with van der Waals surface area (Å²) >= 11 is 4.30. The molecule has 2 aliphatic heterocycles. The first kappa shape index (κ1) is 107. The van der Waals surface area contributed by atoms with Crippen LogP contribution >= 0.6 is 45.2 Å². The SMILES string of the molecule is Cc1nc(-c2cnc(NC3Cc4ccccc4C3)nc2)cn1CC(=O)N1CCc2n[nH]nc2C1.Cc1nc(-c2cnc(NC3Cc4ccccc4C3)nc2)cn1CC(=O)N1CCc2n[nH]nc2C1.Cc1nc(-c2cnc(NC3Cc4ccccc4C3)nc2)cn1CC(=O)OC(C)(C)C.Cc1nc(-c2cnc(NC3Cc4ccccc4C3)nc2)cn1CC(=O)[O-].Cc1nc(I)cn1CC(=O)OC(C)(C)C.Cc1ncc(I)[nH]1.[2H]CF.[Li+]. The van der Waals surface area contributed by atoms with E-state index in [1.807, 2.05) is 120 Å². The van der Waals surface area contributed by atoms with Gasteiger partial charge in [0.1, 0.15) is 87.4 Å². The van der Waals surface area contributed by atoms with E-state index >= 15 is 0 Å². The molecule has 40 nitrogen and oxygen atoms in total. The molecule has 149 heavy (non-hydrogen) atoms. The van der Waals surface area contributed by atoms with Gasteiger partial charge in [-0.15, -0.1) is 0 Å². The standard InChI is InChI=1S/2C24H25N9O.C23H27N5O2.C19H19N5O2.C10H15IN2O2.C4H5IN2.CH3F.Li/c2*1-15-27-21(12-33(15)14-23(34)32-7-6-20-22(13-32)30-31-29-20)18-10-25-24(26-11-18)28-19-8-16-4-2-3-5-17(16)9-19;1-15-26-20(13-28(15)14-21(29)30-23(2,3)4)18-11-24-22(25-12-18)27-19-9-16-7-5-6-8-17(16)10-19;1-12-22-17(10-24(12)11-18(25)26)15-8-20-19(21-9-15)23-16-6-13-4-2-3-5-14(13)7-16;1-7-12-8(11)5-13(7)6-9(14)15-10(2,3)4;1-3-6-2-4(5)7-3;1-2;/h2*2-5,10-12,19H,6-9,13-14H2,1H3,(H,25,26,28)(H,29,30,31);5-8,11-13,19H,9-10,14H2,1-4H3,(H,24,25,27);2-5,8-10,16H,6-7,11H2,1H3,(H,25,26)(H,20,21,23);5H,6H2,1-4H3;2H,1H3,(H,6,7);1H3;/q;;;;;;;+1/p-1/i;;;;;;1D;. The third-order valence-corrected chi connectivity index (χ3v) is 26.3. The summed E-state index contributed by atoms with van der Waals surface area (Å²) in [7, 11) is -1.00. The fourth-order valence-corrected chi connectivity index (χ4v) is 19.3. The first-order chi connectivity index (χ1) is 71.6. The minimum absolute atomic E-state index is 0. The summed E-state index contributed by atoms with van der Waals surface area (Å²) in [6.45, 7) is 25.2. The zero-order valence-corrected chi connectivity index (χ0v) is 89.7. The number of amides is 2. The Morgan fingerprint density at radius 2 is 0.658 bits per heavy atom. The topological polar surface area (TPSA) is 486 Å². The van der Waals surface area contributed by atoms with Gasteiger partial charge in [0.2, 0.25) is 35.6 Å². The van der Waals surface area contributed by atoms with E-state index in [1.165, 1.54) is 49.1 Å². The summed E-state index contributed by atoms with van der Waals surface area (Å²) in [5.41, 5.74) is 19.8. The van der Waals surface area contributed by atoms with Crippen molar-refractivity contribution in [2.75, 3.05) is 41.5 Å². The maximum Gasteiger partial charge on any atom is 1.00 e.